The van der Waals surface area contributed by atoms with Crippen molar-refractivity contribution >= 4 is 29.2 Å². The van der Waals surface area contributed by atoms with E-state index in [1.165, 1.54) is 11.8 Å². The highest BCUT2D eigenvalue weighted by atomic mass is 35.5. The number of anilines is 1. The van der Waals surface area contributed by atoms with Crippen LogP contribution in [0.4, 0.5) is 5.82 Å². The van der Waals surface area contributed by atoms with Crippen LogP contribution in [0.15, 0.2) is 65.3 Å². The van der Waals surface area contributed by atoms with E-state index in [-0.39, 0.29) is 11.5 Å². The zero-order valence-electron chi connectivity index (χ0n) is 17.8. The zero-order chi connectivity index (χ0) is 22.4. The van der Waals surface area contributed by atoms with Gasteiger partial charge in [0.15, 0.2) is 5.82 Å². The molecule has 2 aliphatic heterocycles. The van der Waals surface area contributed by atoms with E-state index >= 15 is 0 Å². The van der Waals surface area contributed by atoms with E-state index in [1.54, 1.807) is 23.3 Å². The maximum atomic E-state index is 6.60. The molecule has 1 atom stereocenters. The molecule has 168 valence electrons. The molecule has 1 spiro atoms. The molecular formula is C22H22ClN9S. The maximum Gasteiger partial charge on any atom is 0.173 e. The van der Waals surface area contributed by atoms with Crippen molar-refractivity contribution in [2.75, 3.05) is 18.0 Å². The number of fused-ring (bicyclic) bond motifs is 1. The van der Waals surface area contributed by atoms with Gasteiger partial charge in [0, 0.05) is 54.7 Å². The van der Waals surface area contributed by atoms with Crippen LogP contribution in [0.2, 0.25) is 5.02 Å². The third-order valence-corrected chi connectivity index (χ3v) is 8.13. The third kappa shape index (κ3) is 3.58. The van der Waals surface area contributed by atoms with Crippen LogP contribution in [-0.2, 0) is 6.54 Å². The van der Waals surface area contributed by atoms with E-state index < -0.39 is 0 Å². The molecular weight excluding hydrogens is 458 g/mol. The Morgan fingerprint density at radius 3 is 2.64 bits per heavy atom. The van der Waals surface area contributed by atoms with Crippen molar-refractivity contribution in [1.82, 2.24) is 34.5 Å². The Balaban J connectivity index is 1.13. The standard InChI is InChI=1S/C22H22ClN9S/c23-19-16(3-7-25-21(19)31-9-1-6-28-31)33-18-13-26-17(12-27-18)30-10-4-22(5-11-30)14-32-15(20(22)24)2-8-29-32/h1-3,6-9,12-13,20H,4-5,10-11,14,24H2. The van der Waals surface area contributed by atoms with Gasteiger partial charge in [0.1, 0.15) is 10.8 Å². The van der Waals surface area contributed by atoms with Gasteiger partial charge >= 0.3 is 0 Å². The number of halogens is 1. The Hall–Kier alpha value is -2.95. The molecule has 9 nitrogen and oxygen atoms in total. The van der Waals surface area contributed by atoms with E-state index in [2.05, 4.69) is 34.7 Å². The summed E-state index contributed by atoms with van der Waals surface area (Å²) in [7, 11) is 0. The van der Waals surface area contributed by atoms with Gasteiger partial charge in [0.25, 0.3) is 0 Å². The van der Waals surface area contributed by atoms with Crippen LogP contribution >= 0.6 is 23.4 Å². The van der Waals surface area contributed by atoms with Crippen LogP contribution in [0.1, 0.15) is 24.6 Å². The van der Waals surface area contributed by atoms with Crippen molar-refractivity contribution < 1.29 is 0 Å². The fourth-order valence-electron chi connectivity index (χ4n) is 4.79. The monoisotopic (exact) mass is 479 g/mol. The first-order chi connectivity index (χ1) is 16.1. The normalized spacial score (nSPS) is 19.2. The van der Waals surface area contributed by atoms with Gasteiger partial charge in [-0.2, -0.15) is 10.2 Å². The first kappa shape index (κ1) is 20.6. The molecule has 1 fully saturated rings. The molecule has 0 aliphatic carbocycles. The summed E-state index contributed by atoms with van der Waals surface area (Å²) >= 11 is 8.04. The highest BCUT2D eigenvalue weighted by Crippen LogP contribution is 2.47. The minimum Gasteiger partial charge on any atom is -0.355 e. The van der Waals surface area contributed by atoms with Gasteiger partial charge in [-0.05, 0) is 31.0 Å². The summed E-state index contributed by atoms with van der Waals surface area (Å²) < 4.78 is 3.71. The van der Waals surface area contributed by atoms with Gasteiger partial charge < -0.3 is 10.6 Å². The number of hydrogen-bond donors (Lipinski definition) is 1. The lowest BCUT2D eigenvalue weighted by Gasteiger charge is -2.41. The molecule has 33 heavy (non-hydrogen) atoms. The Labute approximate surface area is 200 Å². The predicted molar refractivity (Wildman–Crippen MR) is 126 cm³/mol. The quantitative estimate of drug-likeness (QED) is 0.475. The average molecular weight is 480 g/mol. The van der Waals surface area contributed by atoms with Crippen LogP contribution in [0.3, 0.4) is 0 Å². The molecule has 0 amide bonds. The second-order valence-corrected chi connectivity index (χ2v) is 9.89. The third-order valence-electron chi connectivity index (χ3n) is 6.66. The smallest absolute Gasteiger partial charge is 0.173 e. The second kappa shape index (κ2) is 8.12. The van der Waals surface area contributed by atoms with Gasteiger partial charge in [-0.25, -0.2) is 19.6 Å². The van der Waals surface area contributed by atoms with Crippen LogP contribution in [0.25, 0.3) is 5.82 Å². The number of aromatic nitrogens is 7. The number of pyridine rings is 1. The number of rotatable bonds is 4. The molecule has 2 aliphatic rings. The Morgan fingerprint density at radius 2 is 1.91 bits per heavy atom. The largest absolute Gasteiger partial charge is 0.355 e. The average Bonchev–Trinajstić information content (AvgIpc) is 3.57. The molecule has 1 saturated heterocycles. The SMILES string of the molecule is NC1c2ccnn2CC12CCN(c1cnc(Sc3ccnc(-n4cccn4)c3Cl)cn1)CC2. The van der Waals surface area contributed by atoms with Crippen molar-refractivity contribution in [3.8, 4) is 5.82 Å². The second-order valence-electron chi connectivity index (χ2n) is 8.45. The van der Waals surface area contributed by atoms with Crippen molar-refractivity contribution in [2.45, 2.75) is 35.3 Å². The van der Waals surface area contributed by atoms with E-state index in [0.29, 0.717) is 10.8 Å². The number of nitrogens with two attached hydrogens (primary N) is 1. The van der Waals surface area contributed by atoms with Gasteiger partial charge in [-0.15, -0.1) is 0 Å². The number of hydrogen-bond acceptors (Lipinski definition) is 8. The Bertz CT molecular complexity index is 1260. The van der Waals surface area contributed by atoms with Gasteiger partial charge in [0.05, 0.1) is 29.2 Å². The van der Waals surface area contributed by atoms with E-state index in [4.69, 9.17) is 17.3 Å². The lowest BCUT2D eigenvalue weighted by atomic mass is 9.73. The maximum absolute atomic E-state index is 6.60. The molecule has 4 aromatic heterocycles. The summed E-state index contributed by atoms with van der Waals surface area (Å²) in [5.41, 5.74) is 7.84. The van der Waals surface area contributed by atoms with Crippen LogP contribution in [0.5, 0.6) is 0 Å². The van der Waals surface area contributed by atoms with Crippen molar-refractivity contribution in [1.29, 1.82) is 0 Å². The molecule has 0 saturated carbocycles. The van der Waals surface area contributed by atoms with Crippen LogP contribution in [-0.4, -0.2) is 47.6 Å². The number of piperidine rings is 1. The first-order valence-electron chi connectivity index (χ1n) is 10.8. The van der Waals surface area contributed by atoms with Gasteiger partial charge in [-0.1, -0.05) is 23.4 Å². The minimum atomic E-state index is 0.0451. The molecule has 1 unspecified atom stereocenters. The molecule has 11 heteroatoms. The molecule has 6 rings (SSSR count). The van der Waals surface area contributed by atoms with Crippen molar-refractivity contribution in [3.05, 3.63) is 66.1 Å². The Kier molecular flexibility index (Phi) is 5.08. The summed E-state index contributed by atoms with van der Waals surface area (Å²) in [4.78, 5) is 16.8. The fraction of sp³-hybridized carbons (Fsp3) is 0.318. The molecule has 0 bridgehead atoms. The summed E-state index contributed by atoms with van der Waals surface area (Å²) in [5, 5.41) is 9.94. The van der Waals surface area contributed by atoms with E-state index in [9.17, 15) is 0 Å². The topological polar surface area (TPSA) is 104 Å². The lowest BCUT2D eigenvalue weighted by molar-refractivity contribution is 0.170. The van der Waals surface area contributed by atoms with Gasteiger partial charge in [-0.3, -0.25) is 4.68 Å². The lowest BCUT2D eigenvalue weighted by Crippen LogP contribution is -2.45. The zero-order valence-corrected chi connectivity index (χ0v) is 19.3. The van der Waals surface area contributed by atoms with Crippen molar-refractivity contribution in [2.24, 2.45) is 11.1 Å². The molecule has 0 aromatic carbocycles. The highest BCUT2D eigenvalue weighted by molar-refractivity contribution is 7.99. The first-order valence-corrected chi connectivity index (χ1v) is 12.0. The number of nitrogens with zero attached hydrogens (tertiary/aromatic N) is 8. The summed E-state index contributed by atoms with van der Waals surface area (Å²) in [6.45, 7) is 2.71. The molecule has 6 heterocycles. The Morgan fingerprint density at radius 1 is 1.03 bits per heavy atom. The van der Waals surface area contributed by atoms with Crippen LogP contribution in [0, 0.1) is 5.41 Å². The molecule has 2 N–H and O–H groups in total. The van der Waals surface area contributed by atoms with E-state index in [1.807, 2.05) is 36.8 Å². The summed E-state index contributed by atoms with van der Waals surface area (Å²) in [6, 6.07) is 5.79. The van der Waals surface area contributed by atoms with Crippen LogP contribution < -0.4 is 10.6 Å². The molecule has 4 aromatic rings. The predicted octanol–water partition coefficient (Wildman–Crippen LogP) is 3.36. The molecule has 0 radical (unpaired) electrons. The summed E-state index contributed by atoms with van der Waals surface area (Å²) in [6.07, 6.45) is 12.7. The highest BCUT2D eigenvalue weighted by Gasteiger charge is 2.46. The van der Waals surface area contributed by atoms with Gasteiger partial charge in [0.2, 0.25) is 0 Å². The summed E-state index contributed by atoms with van der Waals surface area (Å²) in [5.74, 6) is 1.47. The fourth-order valence-corrected chi connectivity index (χ4v) is 5.85. The van der Waals surface area contributed by atoms with Crippen molar-refractivity contribution in [3.63, 3.8) is 0 Å². The minimum absolute atomic E-state index is 0.0451. The van der Waals surface area contributed by atoms with E-state index in [0.717, 1.165) is 53.9 Å².